The molecule has 0 aliphatic carbocycles. The van der Waals surface area contributed by atoms with Crippen LogP contribution in [0.25, 0.3) is 0 Å². The Bertz CT molecular complexity index is 364. The van der Waals surface area contributed by atoms with Gasteiger partial charge in [0.15, 0.2) is 11.9 Å². The van der Waals surface area contributed by atoms with E-state index in [2.05, 4.69) is 9.98 Å². The van der Waals surface area contributed by atoms with Crippen LogP contribution >= 0.6 is 10.8 Å². The van der Waals surface area contributed by atoms with E-state index in [0.29, 0.717) is 5.75 Å². The van der Waals surface area contributed by atoms with Crippen LogP contribution in [0, 0.1) is 0 Å². The van der Waals surface area contributed by atoms with E-state index in [-0.39, 0.29) is 64.7 Å². The molecule has 0 aromatic carbocycles. The Hall–Kier alpha value is -0.200. The minimum atomic E-state index is -3.23. The third kappa shape index (κ3) is 15.8. The highest BCUT2D eigenvalue weighted by molar-refractivity contribution is 8.72. The molecule has 0 aliphatic heterocycles. The molecule has 8 nitrogen and oxygen atoms in total. The van der Waals surface area contributed by atoms with Crippen molar-refractivity contribution in [1.29, 1.82) is 0 Å². The molecule has 18 heavy (non-hydrogen) atoms. The van der Waals surface area contributed by atoms with Crippen molar-refractivity contribution in [1.82, 2.24) is 0 Å². The molecule has 0 radical (unpaired) electrons. The molecule has 0 atom stereocenters. The fraction of sp³-hybridized carbons (Fsp3) is 0.667. The highest BCUT2D eigenvalue weighted by atomic mass is 79.9. The molecule has 0 aromatic rings. The zero-order chi connectivity index (χ0) is 12.6. The average molecular weight is 428 g/mol. The Morgan fingerprint density at radius 2 is 1.39 bits per heavy atom. The Labute approximate surface area is 131 Å². The van der Waals surface area contributed by atoms with Crippen molar-refractivity contribution in [2.24, 2.45) is 32.9 Å². The maximum atomic E-state index is 11.4. The minimum Gasteiger partial charge on any atom is -1.00 e. The van der Waals surface area contributed by atoms with Crippen LogP contribution in [0.4, 0.5) is 0 Å². The van der Waals surface area contributed by atoms with E-state index in [1.54, 1.807) is 0 Å². The van der Waals surface area contributed by atoms with E-state index in [4.69, 9.17) is 22.9 Å². The number of halogens is 2. The lowest BCUT2D eigenvalue weighted by molar-refractivity contribution is -0.00100. The standard InChI is InChI=1S/C6H16N6O2S2.2BrH/c7-5(8)11-1-3-15-16(13,14)4-2-12-6(9)10;;/h1-4H2,(H4,7,8,11)(H4,9,10,12);2*1H/p-2. The summed E-state index contributed by atoms with van der Waals surface area (Å²) in [6, 6.07) is 0. The van der Waals surface area contributed by atoms with E-state index < -0.39 is 8.87 Å². The Morgan fingerprint density at radius 3 is 1.83 bits per heavy atom. The molecule has 0 amide bonds. The normalized spacial score (nSPS) is 9.56. The number of hydrogen-bond donors (Lipinski definition) is 4. The molecule has 0 rings (SSSR count). The van der Waals surface area contributed by atoms with E-state index in [9.17, 15) is 8.42 Å². The van der Waals surface area contributed by atoms with Gasteiger partial charge in [-0.1, -0.05) is 0 Å². The number of hydrogen-bond acceptors (Lipinski definition) is 5. The molecule has 0 heterocycles. The predicted octanol–water partition coefficient (Wildman–Crippen LogP) is -8.40. The van der Waals surface area contributed by atoms with Gasteiger partial charge in [0.25, 0.3) is 0 Å². The zero-order valence-electron chi connectivity index (χ0n) is 9.42. The quantitative estimate of drug-likeness (QED) is 0.135. The second-order valence-corrected chi connectivity index (χ2v) is 7.10. The van der Waals surface area contributed by atoms with Crippen molar-refractivity contribution >= 4 is 31.6 Å². The molecule has 0 saturated heterocycles. The summed E-state index contributed by atoms with van der Waals surface area (Å²) < 4.78 is 22.7. The smallest absolute Gasteiger partial charge is 0.203 e. The largest absolute Gasteiger partial charge is 1.00 e. The van der Waals surface area contributed by atoms with E-state index in [1.807, 2.05) is 0 Å². The van der Waals surface area contributed by atoms with Crippen molar-refractivity contribution in [3.63, 3.8) is 0 Å². The molecule has 12 heteroatoms. The lowest BCUT2D eigenvalue weighted by Gasteiger charge is -2.00. The van der Waals surface area contributed by atoms with Gasteiger partial charge in [-0.25, -0.2) is 8.42 Å². The van der Waals surface area contributed by atoms with Gasteiger partial charge < -0.3 is 56.9 Å². The minimum absolute atomic E-state index is 0. The van der Waals surface area contributed by atoms with Crippen LogP contribution in [-0.2, 0) is 8.87 Å². The number of guanidine groups is 2. The maximum absolute atomic E-state index is 11.4. The Morgan fingerprint density at radius 1 is 0.944 bits per heavy atom. The zero-order valence-corrected chi connectivity index (χ0v) is 14.2. The highest BCUT2D eigenvalue weighted by Gasteiger charge is 2.10. The second kappa shape index (κ2) is 11.9. The van der Waals surface area contributed by atoms with Crippen molar-refractivity contribution in [3.8, 4) is 0 Å². The van der Waals surface area contributed by atoms with Crippen molar-refractivity contribution in [2.75, 3.05) is 24.6 Å². The maximum Gasteiger partial charge on any atom is 0.203 e. The summed E-state index contributed by atoms with van der Waals surface area (Å²) in [6.07, 6.45) is 0. The molecule has 0 unspecified atom stereocenters. The molecular weight excluding hydrogens is 412 g/mol. The average Bonchev–Trinajstić information content (AvgIpc) is 2.11. The van der Waals surface area contributed by atoms with Gasteiger partial charge in [-0.15, -0.1) is 0 Å². The fourth-order valence-corrected chi connectivity index (χ4v) is 3.10. The molecule has 0 fully saturated rings. The summed E-state index contributed by atoms with van der Waals surface area (Å²) in [4.78, 5) is 7.23. The van der Waals surface area contributed by atoms with Crippen molar-refractivity contribution < 1.29 is 42.4 Å². The van der Waals surface area contributed by atoms with Gasteiger partial charge in [-0.2, -0.15) is 0 Å². The summed E-state index contributed by atoms with van der Waals surface area (Å²) in [5, 5.41) is 0. The van der Waals surface area contributed by atoms with E-state index in [1.165, 1.54) is 0 Å². The number of nitrogens with zero attached hydrogens (tertiary/aromatic N) is 2. The molecule has 0 aromatic heterocycles. The molecular formula is C6H16Br2N6O2S2-2. The molecule has 110 valence electrons. The van der Waals surface area contributed by atoms with Gasteiger partial charge >= 0.3 is 0 Å². The molecule has 0 aliphatic rings. The van der Waals surface area contributed by atoms with Crippen LogP contribution in [0.1, 0.15) is 0 Å². The van der Waals surface area contributed by atoms with Crippen LogP contribution in [0.15, 0.2) is 9.98 Å². The first-order chi connectivity index (χ1) is 7.33. The summed E-state index contributed by atoms with van der Waals surface area (Å²) in [5.41, 5.74) is 20.3. The lowest BCUT2D eigenvalue weighted by atomic mass is 10.8. The third-order valence-corrected chi connectivity index (χ3v) is 4.75. The summed E-state index contributed by atoms with van der Waals surface area (Å²) in [5.74, 6) is -0.00129. The monoisotopic (exact) mass is 426 g/mol. The molecule has 0 bridgehead atoms. The fourth-order valence-electron chi connectivity index (χ4n) is 0.684. The van der Waals surface area contributed by atoms with Crippen LogP contribution < -0.4 is 56.9 Å². The first kappa shape index (κ1) is 22.9. The van der Waals surface area contributed by atoms with Crippen molar-refractivity contribution in [2.45, 2.75) is 0 Å². The van der Waals surface area contributed by atoms with Crippen LogP contribution in [0.5, 0.6) is 0 Å². The topological polar surface area (TPSA) is 163 Å². The van der Waals surface area contributed by atoms with Gasteiger partial charge in [0.05, 0.1) is 18.8 Å². The van der Waals surface area contributed by atoms with Gasteiger partial charge in [-0.3, -0.25) is 9.98 Å². The third-order valence-electron chi connectivity index (χ3n) is 1.28. The summed E-state index contributed by atoms with van der Waals surface area (Å²) in [7, 11) is -2.45. The predicted molar refractivity (Wildman–Crippen MR) is 67.6 cm³/mol. The molecule has 8 N–H and O–H groups in total. The van der Waals surface area contributed by atoms with Gasteiger partial charge in [0, 0.05) is 5.75 Å². The van der Waals surface area contributed by atoms with Crippen LogP contribution in [0.3, 0.4) is 0 Å². The van der Waals surface area contributed by atoms with Gasteiger partial charge in [0.2, 0.25) is 8.87 Å². The second-order valence-electron chi connectivity index (χ2n) is 2.70. The van der Waals surface area contributed by atoms with Gasteiger partial charge in [0.1, 0.15) is 0 Å². The van der Waals surface area contributed by atoms with Crippen LogP contribution in [-0.4, -0.2) is 44.9 Å². The molecule has 0 spiro atoms. The highest BCUT2D eigenvalue weighted by Crippen LogP contribution is 2.12. The SMILES string of the molecule is NC(N)=NCCSS(=O)(=O)CCN=C(N)N.[Br-].[Br-]. The van der Waals surface area contributed by atoms with E-state index >= 15 is 0 Å². The van der Waals surface area contributed by atoms with Crippen LogP contribution in [0.2, 0.25) is 0 Å². The van der Waals surface area contributed by atoms with Crippen molar-refractivity contribution in [3.05, 3.63) is 0 Å². The first-order valence-corrected chi connectivity index (χ1v) is 7.47. The number of aliphatic imine (C=N–C) groups is 2. The van der Waals surface area contributed by atoms with Gasteiger partial charge in [-0.05, 0) is 10.8 Å². The first-order valence-electron chi connectivity index (χ1n) is 4.31. The van der Waals surface area contributed by atoms with E-state index in [0.717, 1.165) is 10.8 Å². The number of rotatable bonds is 7. The molecule has 0 saturated carbocycles. The lowest BCUT2D eigenvalue weighted by Crippen LogP contribution is -3.00. The summed E-state index contributed by atoms with van der Waals surface area (Å²) in [6.45, 7) is 0.314. The summed E-state index contributed by atoms with van der Waals surface area (Å²) >= 11 is 0. The number of nitrogens with two attached hydrogens (primary N) is 4. The Balaban J connectivity index is -0.00000112. The Kier molecular flexibility index (Phi) is 15.1.